The molecule has 0 aliphatic heterocycles. The maximum Gasteiger partial charge on any atom is 0.303 e. The van der Waals surface area contributed by atoms with E-state index in [2.05, 4.69) is 29.5 Å². The van der Waals surface area contributed by atoms with Gasteiger partial charge in [-0.25, -0.2) is 0 Å². The highest BCUT2D eigenvalue weighted by molar-refractivity contribution is 14.1. The Kier molecular flexibility index (Phi) is 7.96. The van der Waals surface area contributed by atoms with Gasteiger partial charge < -0.3 is 5.11 Å². The number of carboxylic acid groups (broad SMARTS) is 1. The van der Waals surface area contributed by atoms with Crippen LogP contribution in [-0.2, 0) is 4.79 Å². The summed E-state index contributed by atoms with van der Waals surface area (Å²) in [7, 11) is 0. The Balaban J connectivity index is 3.45. The van der Waals surface area contributed by atoms with Crippen LogP contribution in [0.3, 0.4) is 0 Å². The molecule has 0 spiro atoms. The van der Waals surface area contributed by atoms with Gasteiger partial charge in [-0.3, -0.25) is 4.79 Å². The van der Waals surface area contributed by atoms with Crippen LogP contribution in [0.2, 0.25) is 0 Å². The fraction of sp³-hybridized carbons (Fsp3) is 0.889. The average molecular weight is 284 g/mol. The molecule has 1 N–H and O–H groups in total. The van der Waals surface area contributed by atoms with Gasteiger partial charge in [-0.05, 0) is 29.6 Å². The van der Waals surface area contributed by atoms with Gasteiger partial charge in [-0.15, -0.1) is 0 Å². The second kappa shape index (κ2) is 7.83. The van der Waals surface area contributed by atoms with E-state index in [1.165, 1.54) is 17.3 Å². The largest absolute Gasteiger partial charge is 0.481 e. The lowest BCUT2D eigenvalue weighted by Gasteiger charge is -2.11. The highest BCUT2D eigenvalue weighted by Gasteiger charge is 2.07. The van der Waals surface area contributed by atoms with Crippen molar-refractivity contribution in [2.24, 2.45) is 5.92 Å². The zero-order valence-corrected chi connectivity index (χ0v) is 9.71. The first-order chi connectivity index (χ1) is 5.70. The summed E-state index contributed by atoms with van der Waals surface area (Å²) in [5.41, 5.74) is 0. The minimum Gasteiger partial charge on any atom is -0.481 e. The summed E-state index contributed by atoms with van der Waals surface area (Å²) < 4.78 is 1.18. The van der Waals surface area contributed by atoms with Crippen LogP contribution in [0.15, 0.2) is 0 Å². The van der Waals surface area contributed by atoms with E-state index in [1.54, 1.807) is 0 Å². The van der Waals surface area contributed by atoms with Crippen LogP contribution in [-0.4, -0.2) is 15.5 Å². The van der Waals surface area contributed by atoms with E-state index in [1.807, 2.05) is 0 Å². The molecule has 0 amide bonds. The third-order valence-electron chi connectivity index (χ3n) is 2.09. The number of rotatable bonds is 7. The third-order valence-corrected chi connectivity index (χ3v) is 2.85. The molecule has 12 heavy (non-hydrogen) atoms. The summed E-state index contributed by atoms with van der Waals surface area (Å²) in [6.07, 6.45) is 4.71. The molecule has 0 rings (SSSR count). The van der Waals surface area contributed by atoms with Gasteiger partial charge in [0.25, 0.3) is 0 Å². The van der Waals surface area contributed by atoms with Crippen LogP contribution >= 0.6 is 22.6 Å². The topological polar surface area (TPSA) is 37.3 Å². The lowest BCUT2D eigenvalue weighted by Crippen LogP contribution is -2.03. The van der Waals surface area contributed by atoms with Crippen molar-refractivity contribution in [3.63, 3.8) is 0 Å². The van der Waals surface area contributed by atoms with Gasteiger partial charge in [0.1, 0.15) is 0 Å². The molecule has 0 saturated heterocycles. The number of halogens is 1. The number of alkyl halides is 1. The molecule has 0 fully saturated rings. The number of carbonyl (C=O) groups is 1. The second-order valence-corrected chi connectivity index (χ2v) is 4.12. The molecule has 0 radical (unpaired) electrons. The molecule has 2 nitrogen and oxygen atoms in total. The summed E-state index contributed by atoms with van der Waals surface area (Å²) in [5, 5.41) is 8.48. The van der Waals surface area contributed by atoms with E-state index in [0.29, 0.717) is 12.3 Å². The molecule has 3 heteroatoms. The van der Waals surface area contributed by atoms with Crippen molar-refractivity contribution >= 4 is 28.6 Å². The molecule has 72 valence electrons. The second-order valence-electron chi connectivity index (χ2n) is 3.04. The maximum absolute atomic E-state index is 10.3. The van der Waals surface area contributed by atoms with Crippen LogP contribution in [0, 0.1) is 5.92 Å². The minimum atomic E-state index is -0.664. The molecule has 0 aliphatic rings. The summed E-state index contributed by atoms with van der Waals surface area (Å²) >= 11 is 2.36. The Morgan fingerprint density at radius 3 is 2.58 bits per heavy atom. The van der Waals surface area contributed by atoms with Crippen LogP contribution in [0.5, 0.6) is 0 Å². The van der Waals surface area contributed by atoms with E-state index in [9.17, 15) is 4.79 Å². The van der Waals surface area contributed by atoms with Gasteiger partial charge in [0.2, 0.25) is 0 Å². The number of aliphatic carboxylic acids is 1. The van der Waals surface area contributed by atoms with Gasteiger partial charge in [0, 0.05) is 6.42 Å². The molecular formula is C9H17IO2. The van der Waals surface area contributed by atoms with Gasteiger partial charge in [0.05, 0.1) is 0 Å². The molecular weight excluding hydrogens is 267 g/mol. The zero-order chi connectivity index (χ0) is 9.40. The Hall–Kier alpha value is 0.200. The van der Waals surface area contributed by atoms with Crippen molar-refractivity contribution < 1.29 is 9.90 Å². The van der Waals surface area contributed by atoms with Gasteiger partial charge in [-0.2, -0.15) is 0 Å². The maximum atomic E-state index is 10.3. The van der Waals surface area contributed by atoms with Gasteiger partial charge in [0.15, 0.2) is 0 Å². The van der Waals surface area contributed by atoms with Crippen molar-refractivity contribution in [3.05, 3.63) is 0 Å². The van der Waals surface area contributed by atoms with Crippen molar-refractivity contribution in [1.82, 2.24) is 0 Å². The fourth-order valence-electron chi connectivity index (χ4n) is 1.25. The molecule has 1 unspecified atom stereocenters. The average Bonchev–Trinajstić information content (AvgIpc) is 2.05. The van der Waals surface area contributed by atoms with Crippen LogP contribution in [0.1, 0.15) is 39.0 Å². The van der Waals surface area contributed by atoms with E-state index < -0.39 is 5.97 Å². The first-order valence-electron chi connectivity index (χ1n) is 4.48. The first-order valence-corrected chi connectivity index (χ1v) is 6.01. The standard InChI is InChI=1S/C9H17IO2/c1-2-8(4-3-7-10)5-6-9(11)12/h8H,2-7H2,1H3,(H,11,12). The van der Waals surface area contributed by atoms with E-state index in [-0.39, 0.29) is 0 Å². The van der Waals surface area contributed by atoms with Crippen LogP contribution in [0.4, 0.5) is 0 Å². The SMILES string of the molecule is CCC(CCCI)CCC(=O)O. The highest BCUT2D eigenvalue weighted by atomic mass is 127. The predicted octanol–water partition coefficient (Wildman–Crippen LogP) is 3.09. The quantitative estimate of drug-likeness (QED) is 0.576. The Morgan fingerprint density at radius 2 is 2.17 bits per heavy atom. The van der Waals surface area contributed by atoms with Crippen LogP contribution in [0.25, 0.3) is 0 Å². The van der Waals surface area contributed by atoms with Gasteiger partial charge in [-0.1, -0.05) is 35.9 Å². The van der Waals surface area contributed by atoms with E-state index >= 15 is 0 Å². The fourth-order valence-corrected chi connectivity index (χ4v) is 1.69. The molecule has 0 heterocycles. The zero-order valence-electron chi connectivity index (χ0n) is 7.55. The summed E-state index contributed by atoms with van der Waals surface area (Å²) in [4.78, 5) is 10.3. The lowest BCUT2D eigenvalue weighted by atomic mass is 9.95. The molecule has 0 aliphatic carbocycles. The normalized spacial score (nSPS) is 12.8. The summed E-state index contributed by atoms with van der Waals surface area (Å²) in [6.45, 7) is 2.14. The molecule has 1 atom stereocenters. The smallest absolute Gasteiger partial charge is 0.303 e. The van der Waals surface area contributed by atoms with Crippen LogP contribution < -0.4 is 0 Å². The predicted molar refractivity (Wildman–Crippen MR) is 58.8 cm³/mol. The lowest BCUT2D eigenvalue weighted by molar-refractivity contribution is -0.137. The number of hydrogen-bond acceptors (Lipinski definition) is 1. The van der Waals surface area contributed by atoms with E-state index in [4.69, 9.17) is 5.11 Å². The van der Waals surface area contributed by atoms with Crippen molar-refractivity contribution in [1.29, 1.82) is 0 Å². The molecule has 0 saturated carbocycles. The third kappa shape index (κ3) is 6.88. The van der Waals surface area contributed by atoms with Crippen molar-refractivity contribution in [3.8, 4) is 0 Å². The molecule has 0 aromatic rings. The van der Waals surface area contributed by atoms with Gasteiger partial charge >= 0.3 is 5.97 Å². The minimum absolute atomic E-state index is 0.333. The first kappa shape index (κ1) is 12.2. The van der Waals surface area contributed by atoms with Crippen molar-refractivity contribution in [2.75, 3.05) is 4.43 Å². The number of carboxylic acids is 1. The Labute approximate surface area is 87.9 Å². The molecule has 0 aromatic heterocycles. The van der Waals surface area contributed by atoms with E-state index in [0.717, 1.165) is 12.8 Å². The summed E-state index contributed by atoms with van der Waals surface area (Å²) in [5.74, 6) is -0.0428. The van der Waals surface area contributed by atoms with Crippen molar-refractivity contribution in [2.45, 2.75) is 39.0 Å². The Bertz CT molecular complexity index is 126. The highest BCUT2D eigenvalue weighted by Crippen LogP contribution is 2.17. The molecule has 0 bridgehead atoms. The number of hydrogen-bond donors (Lipinski definition) is 1. The molecule has 0 aromatic carbocycles. The monoisotopic (exact) mass is 284 g/mol. The summed E-state index contributed by atoms with van der Waals surface area (Å²) in [6, 6.07) is 0. The Morgan fingerprint density at radius 1 is 1.50 bits per heavy atom.